The van der Waals surface area contributed by atoms with Gasteiger partial charge >= 0.3 is 0 Å². The zero-order valence-corrected chi connectivity index (χ0v) is 13.1. The molecule has 2 aliphatic heterocycles. The van der Waals surface area contributed by atoms with E-state index in [1.165, 1.54) is 0 Å². The molecule has 2 saturated heterocycles. The van der Waals surface area contributed by atoms with Crippen LogP contribution in [0.4, 0.5) is 0 Å². The van der Waals surface area contributed by atoms with Crippen LogP contribution in [-0.2, 0) is 10.0 Å². The van der Waals surface area contributed by atoms with Crippen molar-refractivity contribution in [2.45, 2.75) is 46.0 Å². The van der Waals surface area contributed by atoms with Crippen molar-refractivity contribution >= 4 is 10.0 Å². The van der Waals surface area contributed by atoms with Gasteiger partial charge in [-0.25, -0.2) is 12.7 Å². The first-order valence-electron chi connectivity index (χ1n) is 7.58. The van der Waals surface area contributed by atoms with Crippen LogP contribution in [0.25, 0.3) is 0 Å². The highest BCUT2D eigenvalue weighted by molar-refractivity contribution is 7.89. The van der Waals surface area contributed by atoms with Crippen LogP contribution < -0.4 is 5.32 Å². The molecule has 2 fully saturated rings. The molecule has 0 aromatic carbocycles. The molecule has 0 atom stereocenters. The molecule has 0 unspecified atom stereocenters. The third-order valence-electron chi connectivity index (χ3n) is 4.60. The Labute approximate surface area is 118 Å². The normalized spacial score (nSPS) is 27.1. The maximum Gasteiger partial charge on any atom is 0.214 e. The van der Waals surface area contributed by atoms with Crippen molar-refractivity contribution in [3.05, 3.63) is 0 Å². The first kappa shape index (κ1) is 15.3. The Kier molecular flexibility index (Phi) is 4.90. The number of rotatable bonds is 3. The van der Waals surface area contributed by atoms with Crippen molar-refractivity contribution in [3.8, 4) is 0 Å². The van der Waals surface area contributed by atoms with E-state index in [0.29, 0.717) is 23.6 Å². The van der Waals surface area contributed by atoms with Crippen LogP contribution in [0.3, 0.4) is 0 Å². The summed E-state index contributed by atoms with van der Waals surface area (Å²) in [7, 11) is -3.05. The van der Waals surface area contributed by atoms with Gasteiger partial charge in [-0.15, -0.1) is 0 Å². The second kappa shape index (κ2) is 6.10. The molecule has 112 valence electrons. The fraction of sp³-hybridized carbons (Fsp3) is 1.00. The summed E-state index contributed by atoms with van der Waals surface area (Å²) in [6, 6.07) is 0. The topological polar surface area (TPSA) is 49.4 Å². The number of hydrogen-bond acceptors (Lipinski definition) is 3. The fourth-order valence-electron chi connectivity index (χ4n) is 3.13. The predicted octanol–water partition coefficient (Wildman–Crippen LogP) is 1.83. The average Bonchev–Trinajstić information content (AvgIpc) is 2.51. The molecule has 5 heteroatoms. The van der Waals surface area contributed by atoms with Gasteiger partial charge in [-0.1, -0.05) is 13.8 Å². The first-order chi connectivity index (χ1) is 8.89. The summed E-state index contributed by atoms with van der Waals surface area (Å²) in [6.45, 7) is 7.85. The van der Waals surface area contributed by atoms with Gasteiger partial charge in [0.25, 0.3) is 0 Å². The van der Waals surface area contributed by atoms with E-state index in [1.54, 1.807) is 4.31 Å². The molecule has 2 rings (SSSR count). The molecule has 1 N–H and O–H groups in total. The van der Waals surface area contributed by atoms with Gasteiger partial charge in [0, 0.05) is 13.1 Å². The molecular formula is C14H28N2O2S. The molecule has 19 heavy (non-hydrogen) atoms. The lowest BCUT2D eigenvalue weighted by molar-refractivity contribution is 0.313. The quantitative estimate of drug-likeness (QED) is 0.862. The van der Waals surface area contributed by atoms with E-state index >= 15 is 0 Å². The van der Waals surface area contributed by atoms with Crippen molar-refractivity contribution in [2.75, 3.05) is 31.9 Å². The Hall–Kier alpha value is -0.130. The highest BCUT2D eigenvalue weighted by Crippen LogP contribution is 2.31. The lowest BCUT2D eigenvalue weighted by Crippen LogP contribution is -2.39. The molecule has 2 aliphatic rings. The van der Waals surface area contributed by atoms with Crippen LogP contribution >= 0.6 is 0 Å². The summed E-state index contributed by atoms with van der Waals surface area (Å²) in [5.74, 6) is 0.706. The standard InChI is InChI=1S/C14H28N2O2S/c1-14(2)6-3-10-16(11-7-14)19(17,18)12-13-4-8-15-9-5-13/h13,15H,3-12H2,1-2H3. The second-order valence-corrected chi connectivity index (χ2v) is 8.90. The maximum atomic E-state index is 12.5. The minimum Gasteiger partial charge on any atom is -0.317 e. The molecule has 0 bridgehead atoms. The van der Waals surface area contributed by atoms with Gasteiger partial charge in [0.05, 0.1) is 5.75 Å². The van der Waals surface area contributed by atoms with Crippen LogP contribution in [0.15, 0.2) is 0 Å². The SMILES string of the molecule is CC1(C)CCCN(S(=O)(=O)CC2CCNCC2)CC1. The highest BCUT2D eigenvalue weighted by atomic mass is 32.2. The van der Waals surface area contributed by atoms with Crippen molar-refractivity contribution in [2.24, 2.45) is 11.3 Å². The Bertz CT molecular complexity index is 386. The monoisotopic (exact) mass is 288 g/mol. The van der Waals surface area contributed by atoms with Gasteiger partial charge in [0.1, 0.15) is 0 Å². The van der Waals surface area contributed by atoms with Gasteiger partial charge in [-0.05, 0) is 56.5 Å². The van der Waals surface area contributed by atoms with E-state index in [-0.39, 0.29) is 0 Å². The lowest BCUT2D eigenvalue weighted by atomic mass is 9.85. The molecule has 0 aromatic heterocycles. The van der Waals surface area contributed by atoms with Gasteiger partial charge < -0.3 is 5.32 Å². The van der Waals surface area contributed by atoms with Crippen LogP contribution in [0.1, 0.15) is 46.0 Å². The highest BCUT2D eigenvalue weighted by Gasteiger charge is 2.31. The molecule has 4 nitrogen and oxygen atoms in total. The molecular weight excluding hydrogens is 260 g/mol. The third kappa shape index (κ3) is 4.43. The Balaban J connectivity index is 1.94. The Morgan fingerprint density at radius 3 is 2.53 bits per heavy atom. The van der Waals surface area contributed by atoms with E-state index in [9.17, 15) is 8.42 Å². The number of nitrogens with one attached hydrogen (secondary N) is 1. The Morgan fingerprint density at radius 1 is 1.16 bits per heavy atom. The third-order valence-corrected chi connectivity index (χ3v) is 6.64. The first-order valence-corrected chi connectivity index (χ1v) is 9.19. The average molecular weight is 288 g/mol. The summed E-state index contributed by atoms with van der Waals surface area (Å²) >= 11 is 0. The number of piperidine rings is 1. The zero-order valence-electron chi connectivity index (χ0n) is 12.3. The van der Waals surface area contributed by atoms with Crippen molar-refractivity contribution in [1.82, 2.24) is 9.62 Å². The molecule has 0 saturated carbocycles. The fourth-order valence-corrected chi connectivity index (χ4v) is 5.04. The van der Waals surface area contributed by atoms with Crippen LogP contribution in [-0.4, -0.2) is 44.7 Å². The number of sulfonamides is 1. The van der Waals surface area contributed by atoms with Crippen LogP contribution in [0, 0.1) is 11.3 Å². The molecule has 0 spiro atoms. The minimum atomic E-state index is -3.05. The van der Waals surface area contributed by atoms with Crippen molar-refractivity contribution in [3.63, 3.8) is 0 Å². The maximum absolute atomic E-state index is 12.5. The van der Waals surface area contributed by atoms with Crippen LogP contribution in [0.2, 0.25) is 0 Å². The lowest BCUT2D eigenvalue weighted by Gasteiger charge is -2.27. The summed E-state index contributed by atoms with van der Waals surface area (Å²) < 4.78 is 26.8. The molecule has 0 radical (unpaired) electrons. The van der Waals surface area contributed by atoms with E-state index in [1.807, 2.05) is 0 Å². The van der Waals surface area contributed by atoms with Gasteiger partial charge in [-0.2, -0.15) is 0 Å². The summed E-state index contributed by atoms with van der Waals surface area (Å²) in [6.07, 6.45) is 5.11. The number of nitrogens with zero attached hydrogens (tertiary/aromatic N) is 1. The van der Waals surface area contributed by atoms with Gasteiger partial charge in [-0.3, -0.25) is 0 Å². The second-order valence-electron chi connectivity index (χ2n) is 6.89. The Morgan fingerprint density at radius 2 is 1.84 bits per heavy atom. The molecule has 2 heterocycles. The molecule has 0 amide bonds. The molecule has 0 aliphatic carbocycles. The van der Waals surface area contributed by atoms with Gasteiger partial charge in [0.2, 0.25) is 10.0 Å². The molecule has 0 aromatic rings. The largest absolute Gasteiger partial charge is 0.317 e. The van der Waals surface area contributed by atoms with E-state index < -0.39 is 10.0 Å². The van der Waals surface area contributed by atoms with Crippen molar-refractivity contribution in [1.29, 1.82) is 0 Å². The van der Waals surface area contributed by atoms with E-state index in [2.05, 4.69) is 19.2 Å². The van der Waals surface area contributed by atoms with E-state index in [0.717, 1.165) is 51.7 Å². The minimum absolute atomic E-state index is 0.291. The van der Waals surface area contributed by atoms with E-state index in [4.69, 9.17) is 0 Å². The summed E-state index contributed by atoms with van der Waals surface area (Å²) in [5, 5.41) is 3.29. The summed E-state index contributed by atoms with van der Waals surface area (Å²) in [4.78, 5) is 0. The van der Waals surface area contributed by atoms with Crippen LogP contribution in [0.5, 0.6) is 0 Å². The van der Waals surface area contributed by atoms with Crippen molar-refractivity contribution < 1.29 is 8.42 Å². The predicted molar refractivity (Wildman–Crippen MR) is 78.6 cm³/mol. The van der Waals surface area contributed by atoms with Gasteiger partial charge in [0.15, 0.2) is 0 Å². The number of hydrogen-bond donors (Lipinski definition) is 1. The zero-order chi connectivity index (χ0) is 13.9. The summed E-state index contributed by atoms with van der Waals surface area (Å²) in [5.41, 5.74) is 0.291. The smallest absolute Gasteiger partial charge is 0.214 e.